The van der Waals surface area contributed by atoms with Crippen LogP contribution in [0.2, 0.25) is 0 Å². The Hall–Kier alpha value is -1.47. The van der Waals surface area contributed by atoms with Crippen molar-refractivity contribution >= 4 is 16.0 Å². The largest absolute Gasteiger partial charge is 0.478 e. The quantitative estimate of drug-likeness (QED) is 0.867. The molecule has 2 N–H and O–H groups in total. The molecule has 0 heterocycles. The summed E-state index contributed by atoms with van der Waals surface area (Å²) >= 11 is 0. The van der Waals surface area contributed by atoms with Gasteiger partial charge < -0.3 is 5.11 Å². The van der Waals surface area contributed by atoms with E-state index in [0.717, 1.165) is 31.4 Å². The van der Waals surface area contributed by atoms with Crippen molar-refractivity contribution in [3.63, 3.8) is 0 Å². The Labute approximate surface area is 104 Å². The van der Waals surface area contributed by atoms with Crippen LogP contribution in [0, 0.1) is 5.82 Å². The molecule has 1 aromatic carbocycles. The Morgan fingerprint density at radius 3 is 2.50 bits per heavy atom. The molecule has 1 saturated carbocycles. The molecule has 0 spiro atoms. The minimum Gasteiger partial charge on any atom is -0.478 e. The summed E-state index contributed by atoms with van der Waals surface area (Å²) in [5.74, 6) is -2.36. The standard InChI is InChI=1S/C11H12FNO4S/c12-9-6-7(11(14)15)4-5-10(9)18(16,17)13-8-2-1-3-8/h4-6,8,13H,1-3H2,(H,14,15). The summed E-state index contributed by atoms with van der Waals surface area (Å²) in [5, 5.41) is 8.66. The van der Waals surface area contributed by atoms with Crippen molar-refractivity contribution in [2.24, 2.45) is 0 Å². The molecule has 1 aromatic rings. The highest BCUT2D eigenvalue weighted by Crippen LogP contribution is 2.22. The molecule has 0 saturated heterocycles. The van der Waals surface area contributed by atoms with Crippen molar-refractivity contribution in [2.75, 3.05) is 0 Å². The molecule has 0 aliphatic heterocycles. The van der Waals surface area contributed by atoms with Crippen molar-refractivity contribution in [2.45, 2.75) is 30.2 Å². The Bertz CT molecular complexity index is 581. The number of hydrogen-bond donors (Lipinski definition) is 2. The van der Waals surface area contributed by atoms with Crippen LogP contribution < -0.4 is 4.72 Å². The fraction of sp³-hybridized carbons (Fsp3) is 0.364. The average molecular weight is 273 g/mol. The molecule has 7 heteroatoms. The third-order valence-corrected chi connectivity index (χ3v) is 4.45. The number of carboxylic acid groups (broad SMARTS) is 1. The van der Waals surface area contributed by atoms with E-state index in [4.69, 9.17) is 5.11 Å². The maximum atomic E-state index is 13.6. The first-order valence-corrected chi connectivity index (χ1v) is 6.93. The first kappa shape index (κ1) is 13.0. The zero-order valence-electron chi connectivity index (χ0n) is 9.39. The van der Waals surface area contributed by atoms with Gasteiger partial charge in [-0.15, -0.1) is 0 Å². The maximum Gasteiger partial charge on any atom is 0.335 e. The van der Waals surface area contributed by atoms with Gasteiger partial charge in [0.2, 0.25) is 10.0 Å². The van der Waals surface area contributed by atoms with Crippen molar-refractivity contribution < 1.29 is 22.7 Å². The lowest BCUT2D eigenvalue weighted by Gasteiger charge is -2.26. The van der Waals surface area contributed by atoms with E-state index in [-0.39, 0.29) is 11.6 Å². The first-order valence-electron chi connectivity index (χ1n) is 5.45. The summed E-state index contributed by atoms with van der Waals surface area (Å²) in [4.78, 5) is 10.1. The maximum absolute atomic E-state index is 13.6. The fourth-order valence-electron chi connectivity index (χ4n) is 1.66. The lowest BCUT2D eigenvalue weighted by molar-refractivity contribution is 0.0696. The number of carboxylic acids is 1. The van der Waals surface area contributed by atoms with Crippen molar-refractivity contribution in [1.82, 2.24) is 4.72 Å². The molecule has 0 atom stereocenters. The smallest absolute Gasteiger partial charge is 0.335 e. The molecular formula is C11H12FNO4S. The van der Waals surface area contributed by atoms with Crippen LogP contribution >= 0.6 is 0 Å². The van der Waals surface area contributed by atoms with Crippen LogP contribution in [0.1, 0.15) is 29.6 Å². The Morgan fingerprint density at radius 2 is 2.06 bits per heavy atom. The van der Waals surface area contributed by atoms with Gasteiger partial charge in [0.25, 0.3) is 0 Å². The third kappa shape index (κ3) is 2.51. The van der Waals surface area contributed by atoms with Crippen molar-refractivity contribution in [3.8, 4) is 0 Å². The molecule has 0 amide bonds. The monoisotopic (exact) mass is 273 g/mol. The van der Waals surface area contributed by atoms with Gasteiger partial charge in [-0.05, 0) is 31.0 Å². The van der Waals surface area contributed by atoms with Crippen LogP contribution in [0.4, 0.5) is 4.39 Å². The number of halogens is 1. The van der Waals surface area contributed by atoms with E-state index in [1.54, 1.807) is 0 Å². The van der Waals surface area contributed by atoms with Gasteiger partial charge in [-0.3, -0.25) is 0 Å². The van der Waals surface area contributed by atoms with E-state index in [0.29, 0.717) is 6.07 Å². The Morgan fingerprint density at radius 1 is 1.39 bits per heavy atom. The lowest BCUT2D eigenvalue weighted by atomic mass is 9.94. The van der Waals surface area contributed by atoms with Gasteiger partial charge in [0.1, 0.15) is 10.7 Å². The second kappa shape index (κ2) is 4.66. The van der Waals surface area contributed by atoms with E-state index in [1.165, 1.54) is 0 Å². The molecule has 1 aliphatic carbocycles. The van der Waals surface area contributed by atoms with Gasteiger partial charge in [-0.1, -0.05) is 6.42 Å². The molecular weight excluding hydrogens is 261 g/mol. The summed E-state index contributed by atoms with van der Waals surface area (Å²) in [6.45, 7) is 0. The van der Waals surface area contributed by atoms with Gasteiger partial charge in [-0.25, -0.2) is 22.3 Å². The summed E-state index contributed by atoms with van der Waals surface area (Å²) in [7, 11) is -3.91. The van der Waals surface area contributed by atoms with E-state index in [1.807, 2.05) is 0 Å². The molecule has 0 unspecified atom stereocenters. The molecule has 2 rings (SSSR count). The molecule has 0 radical (unpaired) electrons. The van der Waals surface area contributed by atoms with Crippen LogP contribution in [0.15, 0.2) is 23.1 Å². The van der Waals surface area contributed by atoms with Gasteiger partial charge in [0.05, 0.1) is 5.56 Å². The second-order valence-corrected chi connectivity index (χ2v) is 5.88. The topological polar surface area (TPSA) is 83.5 Å². The number of nitrogens with one attached hydrogen (secondary N) is 1. The first-order chi connectivity index (χ1) is 8.40. The number of rotatable bonds is 4. The lowest BCUT2D eigenvalue weighted by Crippen LogP contribution is -2.39. The summed E-state index contributed by atoms with van der Waals surface area (Å²) < 4.78 is 39.7. The highest BCUT2D eigenvalue weighted by Gasteiger charge is 2.27. The van der Waals surface area contributed by atoms with E-state index >= 15 is 0 Å². The molecule has 1 fully saturated rings. The third-order valence-electron chi connectivity index (χ3n) is 2.90. The minimum absolute atomic E-state index is 0.145. The average Bonchev–Trinajstić information content (AvgIpc) is 2.23. The van der Waals surface area contributed by atoms with Crippen LogP contribution in [0.25, 0.3) is 0 Å². The van der Waals surface area contributed by atoms with Gasteiger partial charge >= 0.3 is 5.97 Å². The highest BCUT2D eigenvalue weighted by molar-refractivity contribution is 7.89. The van der Waals surface area contributed by atoms with Crippen LogP contribution in [0.5, 0.6) is 0 Å². The zero-order valence-corrected chi connectivity index (χ0v) is 10.2. The van der Waals surface area contributed by atoms with E-state index in [2.05, 4.69) is 4.72 Å². The van der Waals surface area contributed by atoms with Gasteiger partial charge in [-0.2, -0.15) is 0 Å². The van der Waals surface area contributed by atoms with Crippen molar-refractivity contribution in [1.29, 1.82) is 0 Å². The summed E-state index contributed by atoms with van der Waals surface area (Å²) in [6, 6.07) is 2.60. The molecule has 0 bridgehead atoms. The molecule has 98 valence electrons. The van der Waals surface area contributed by atoms with Gasteiger partial charge in [0, 0.05) is 6.04 Å². The number of carbonyl (C=O) groups is 1. The highest BCUT2D eigenvalue weighted by atomic mass is 32.2. The normalized spacial score (nSPS) is 16.3. The van der Waals surface area contributed by atoms with Gasteiger partial charge in [0.15, 0.2) is 0 Å². The molecule has 5 nitrogen and oxygen atoms in total. The van der Waals surface area contributed by atoms with Crippen LogP contribution in [-0.4, -0.2) is 25.5 Å². The molecule has 0 aromatic heterocycles. The predicted molar refractivity (Wildman–Crippen MR) is 61.3 cm³/mol. The van der Waals surface area contributed by atoms with E-state index in [9.17, 15) is 17.6 Å². The summed E-state index contributed by atoms with van der Waals surface area (Å²) in [6.07, 6.45) is 2.44. The van der Waals surface area contributed by atoms with E-state index < -0.39 is 26.7 Å². The van der Waals surface area contributed by atoms with Crippen molar-refractivity contribution in [3.05, 3.63) is 29.6 Å². The fourth-order valence-corrected chi connectivity index (χ4v) is 3.03. The predicted octanol–water partition coefficient (Wildman–Crippen LogP) is 1.35. The zero-order chi connectivity index (χ0) is 13.3. The molecule has 1 aliphatic rings. The second-order valence-electron chi connectivity index (χ2n) is 4.20. The number of aromatic carboxylic acids is 1. The SMILES string of the molecule is O=C(O)c1ccc(S(=O)(=O)NC2CCC2)c(F)c1. The van der Waals surface area contributed by atoms with Crippen LogP contribution in [0.3, 0.4) is 0 Å². The van der Waals surface area contributed by atoms with Crippen LogP contribution in [-0.2, 0) is 10.0 Å². The number of sulfonamides is 1. The summed E-state index contributed by atoms with van der Waals surface area (Å²) in [5.41, 5.74) is -0.282. The minimum atomic E-state index is -3.91. The Kier molecular flexibility index (Phi) is 3.36. The number of benzene rings is 1. The number of hydrogen-bond acceptors (Lipinski definition) is 3. The molecule has 18 heavy (non-hydrogen) atoms. The Balaban J connectivity index is 2.29.